The first-order valence-electron chi connectivity index (χ1n) is 6.47. The fourth-order valence-electron chi connectivity index (χ4n) is 2.55. The highest BCUT2D eigenvalue weighted by molar-refractivity contribution is 7.98. The van der Waals surface area contributed by atoms with Crippen LogP contribution in [0.15, 0.2) is 29.2 Å². The number of hydrogen-bond donors (Lipinski definition) is 0. The van der Waals surface area contributed by atoms with Gasteiger partial charge in [-0.3, -0.25) is 4.79 Å². The quantitative estimate of drug-likeness (QED) is 0.574. The van der Waals surface area contributed by atoms with Crippen LogP contribution in [0.25, 0.3) is 0 Å². The van der Waals surface area contributed by atoms with Crippen molar-refractivity contribution in [3.63, 3.8) is 0 Å². The van der Waals surface area contributed by atoms with E-state index in [0.29, 0.717) is 11.7 Å². The molecule has 92 valence electrons. The van der Waals surface area contributed by atoms with Crippen LogP contribution in [0.1, 0.15) is 48.9 Å². The van der Waals surface area contributed by atoms with E-state index < -0.39 is 0 Å². The molecule has 0 N–H and O–H groups in total. The van der Waals surface area contributed by atoms with Crippen LogP contribution < -0.4 is 0 Å². The third-order valence-electron chi connectivity index (χ3n) is 3.61. The Hall–Kier alpha value is -0.760. The van der Waals surface area contributed by atoms with Gasteiger partial charge in [-0.1, -0.05) is 44.2 Å². The maximum absolute atomic E-state index is 12.1. The Kier molecular flexibility index (Phi) is 4.66. The lowest BCUT2D eigenvalue weighted by Gasteiger charge is -2.20. The number of carbonyl (C=O) groups excluding carboxylic acids is 1. The molecule has 17 heavy (non-hydrogen) atoms. The molecule has 1 aliphatic carbocycles. The lowest BCUT2D eigenvalue weighted by Crippen LogP contribution is -2.12. The van der Waals surface area contributed by atoms with Crippen LogP contribution in [0.5, 0.6) is 0 Å². The largest absolute Gasteiger partial charge is 0.294 e. The summed E-state index contributed by atoms with van der Waals surface area (Å²) >= 11 is 1.71. The SMILES string of the molecule is CSc1ccc(C(=O)CC2CCCCC2)cc1. The zero-order chi connectivity index (χ0) is 12.1. The predicted octanol–water partition coefficient (Wildman–Crippen LogP) is 4.56. The molecule has 1 aliphatic rings. The molecule has 1 fully saturated rings. The van der Waals surface area contributed by atoms with Gasteiger partial charge in [-0.25, -0.2) is 0 Å². The van der Waals surface area contributed by atoms with E-state index in [1.165, 1.54) is 37.0 Å². The van der Waals surface area contributed by atoms with Crippen molar-refractivity contribution in [1.29, 1.82) is 0 Å². The first-order valence-corrected chi connectivity index (χ1v) is 7.69. The fourth-order valence-corrected chi connectivity index (χ4v) is 2.96. The van der Waals surface area contributed by atoms with Gasteiger partial charge in [-0.05, 0) is 24.3 Å². The number of benzene rings is 1. The monoisotopic (exact) mass is 248 g/mol. The number of hydrogen-bond acceptors (Lipinski definition) is 2. The van der Waals surface area contributed by atoms with Crippen molar-refractivity contribution >= 4 is 17.5 Å². The van der Waals surface area contributed by atoms with Gasteiger partial charge in [0.15, 0.2) is 5.78 Å². The van der Waals surface area contributed by atoms with Crippen LogP contribution >= 0.6 is 11.8 Å². The number of thioether (sulfide) groups is 1. The lowest BCUT2D eigenvalue weighted by molar-refractivity contribution is 0.0950. The molecule has 1 saturated carbocycles. The van der Waals surface area contributed by atoms with Crippen molar-refractivity contribution < 1.29 is 4.79 Å². The highest BCUT2D eigenvalue weighted by atomic mass is 32.2. The van der Waals surface area contributed by atoms with Crippen LogP contribution in [0, 0.1) is 5.92 Å². The zero-order valence-electron chi connectivity index (χ0n) is 10.4. The molecule has 2 heteroatoms. The highest BCUT2D eigenvalue weighted by Gasteiger charge is 2.17. The minimum atomic E-state index is 0.324. The van der Waals surface area contributed by atoms with Crippen LogP contribution in [0.2, 0.25) is 0 Å². The molecule has 1 aromatic rings. The summed E-state index contributed by atoms with van der Waals surface area (Å²) in [5, 5.41) is 0. The molecule has 1 aromatic carbocycles. The predicted molar refractivity (Wildman–Crippen MR) is 73.7 cm³/mol. The fraction of sp³-hybridized carbons (Fsp3) is 0.533. The van der Waals surface area contributed by atoms with Gasteiger partial charge in [0.25, 0.3) is 0 Å². The summed E-state index contributed by atoms with van der Waals surface area (Å²) in [5.41, 5.74) is 0.883. The van der Waals surface area contributed by atoms with Crippen molar-refractivity contribution in [2.45, 2.75) is 43.4 Å². The first-order chi connectivity index (χ1) is 8.29. The van der Waals surface area contributed by atoms with E-state index in [0.717, 1.165) is 12.0 Å². The number of rotatable bonds is 4. The Bertz CT molecular complexity index is 363. The molecule has 0 saturated heterocycles. The lowest BCUT2D eigenvalue weighted by atomic mass is 9.85. The van der Waals surface area contributed by atoms with Gasteiger partial charge in [-0.15, -0.1) is 11.8 Å². The summed E-state index contributed by atoms with van der Waals surface area (Å²) in [6.07, 6.45) is 9.26. The second-order valence-electron chi connectivity index (χ2n) is 4.86. The van der Waals surface area contributed by atoms with Crippen LogP contribution in [0.3, 0.4) is 0 Å². The second kappa shape index (κ2) is 6.25. The van der Waals surface area contributed by atoms with E-state index >= 15 is 0 Å². The number of carbonyl (C=O) groups is 1. The molecule has 1 nitrogen and oxygen atoms in total. The van der Waals surface area contributed by atoms with Crippen molar-refractivity contribution in [2.24, 2.45) is 5.92 Å². The summed E-state index contributed by atoms with van der Waals surface area (Å²) < 4.78 is 0. The van der Waals surface area contributed by atoms with Gasteiger partial charge >= 0.3 is 0 Å². The van der Waals surface area contributed by atoms with Crippen LogP contribution in [-0.4, -0.2) is 12.0 Å². The molecule has 0 radical (unpaired) electrons. The molecule has 0 unspecified atom stereocenters. The van der Waals surface area contributed by atoms with Crippen molar-refractivity contribution in [3.8, 4) is 0 Å². The molecule has 0 bridgehead atoms. The van der Waals surface area contributed by atoms with Gasteiger partial charge < -0.3 is 0 Å². The van der Waals surface area contributed by atoms with E-state index in [1.807, 2.05) is 24.3 Å². The Labute approximate surface area is 108 Å². The van der Waals surface area contributed by atoms with E-state index in [9.17, 15) is 4.79 Å². The van der Waals surface area contributed by atoms with Gasteiger partial charge in [0, 0.05) is 16.9 Å². The molecular formula is C15H20OS. The van der Waals surface area contributed by atoms with E-state index in [4.69, 9.17) is 0 Å². The summed E-state index contributed by atoms with van der Waals surface area (Å²) in [6, 6.07) is 8.02. The van der Waals surface area contributed by atoms with Gasteiger partial charge in [-0.2, -0.15) is 0 Å². The third kappa shape index (κ3) is 3.60. The van der Waals surface area contributed by atoms with E-state index in [1.54, 1.807) is 11.8 Å². The molecule has 0 aromatic heterocycles. The minimum Gasteiger partial charge on any atom is -0.294 e. The van der Waals surface area contributed by atoms with Gasteiger partial charge in [0.2, 0.25) is 0 Å². The number of ketones is 1. The number of Topliss-reactive ketones (excluding diaryl/α,β-unsaturated/α-hetero) is 1. The Balaban J connectivity index is 1.93. The van der Waals surface area contributed by atoms with Crippen molar-refractivity contribution in [2.75, 3.05) is 6.26 Å². The van der Waals surface area contributed by atoms with Gasteiger partial charge in [0.05, 0.1) is 0 Å². The Morgan fingerprint density at radius 2 is 1.82 bits per heavy atom. The molecular weight excluding hydrogens is 228 g/mol. The van der Waals surface area contributed by atoms with Crippen LogP contribution in [0.4, 0.5) is 0 Å². The first kappa shape index (κ1) is 12.7. The Morgan fingerprint density at radius 1 is 1.18 bits per heavy atom. The Morgan fingerprint density at radius 3 is 2.41 bits per heavy atom. The molecule has 0 aliphatic heterocycles. The summed E-state index contributed by atoms with van der Waals surface area (Å²) in [5.74, 6) is 0.959. The highest BCUT2D eigenvalue weighted by Crippen LogP contribution is 2.27. The van der Waals surface area contributed by atoms with Crippen molar-refractivity contribution in [1.82, 2.24) is 0 Å². The smallest absolute Gasteiger partial charge is 0.163 e. The average molecular weight is 248 g/mol. The zero-order valence-corrected chi connectivity index (χ0v) is 11.3. The topological polar surface area (TPSA) is 17.1 Å². The van der Waals surface area contributed by atoms with Gasteiger partial charge in [0.1, 0.15) is 0 Å². The summed E-state index contributed by atoms with van der Waals surface area (Å²) in [7, 11) is 0. The minimum absolute atomic E-state index is 0.324. The summed E-state index contributed by atoms with van der Waals surface area (Å²) in [6.45, 7) is 0. The normalized spacial score (nSPS) is 17.0. The molecule has 0 amide bonds. The van der Waals surface area contributed by atoms with E-state index in [-0.39, 0.29) is 0 Å². The molecule has 0 spiro atoms. The molecule has 0 heterocycles. The maximum Gasteiger partial charge on any atom is 0.163 e. The summed E-state index contributed by atoms with van der Waals surface area (Å²) in [4.78, 5) is 13.3. The maximum atomic E-state index is 12.1. The van der Waals surface area contributed by atoms with Crippen LogP contribution in [-0.2, 0) is 0 Å². The third-order valence-corrected chi connectivity index (χ3v) is 4.35. The molecule has 2 rings (SSSR count). The second-order valence-corrected chi connectivity index (χ2v) is 5.74. The average Bonchev–Trinajstić information content (AvgIpc) is 2.40. The van der Waals surface area contributed by atoms with Crippen molar-refractivity contribution in [3.05, 3.63) is 29.8 Å². The standard InChI is InChI=1S/C15H20OS/c1-17-14-9-7-13(8-10-14)15(16)11-12-5-3-2-4-6-12/h7-10,12H,2-6,11H2,1H3. The molecule has 0 atom stereocenters. The van der Waals surface area contributed by atoms with E-state index in [2.05, 4.69) is 6.26 Å².